The van der Waals surface area contributed by atoms with Crippen molar-refractivity contribution in [1.82, 2.24) is 4.31 Å². The molecule has 4 rings (SSSR count). The zero-order chi connectivity index (χ0) is 28.6. The second kappa shape index (κ2) is 10.4. The quantitative estimate of drug-likeness (QED) is 0.403. The van der Waals surface area contributed by atoms with Crippen LogP contribution in [0, 0.1) is 11.3 Å². The lowest BCUT2D eigenvalue weighted by atomic mass is 9.94. The number of nitrogens with zero attached hydrogens (tertiary/aromatic N) is 2. The number of sulfonamides is 1. The molecule has 1 aliphatic heterocycles. The Bertz CT molecular complexity index is 1580. The van der Waals surface area contributed by atoms with Crippen LogP contribution in [0.5, 0.6) is 5.75 Å². The van der Waals surface area contributed by atoms with E-state index in [1.807, 2.05) is 19.9 Å². The molecule has 1 aliphatic rings. The molecule has 0 aromatic heterocycles. The molecule has 0 saturated heterocycles. The van der Waals surface area contributed by atoms with E-state index in [1.165, 1.54) is 42.5 Å². The number of alkyl halides is 3. The summed E-state index contributed by atoms with van der Waals surface area (Å²) in [5.41, 5.74) is 0.175. The number of carboxylic acid groups (broad SMARTS) is 1. The van der Waals surface area contributed by atoms with Crippen molar-refractivity contribution in [2.24, 2.45) is 0 Å². The predicted octanol–water partition coefficient (Wildman–Crippen LogP) is 5.62. The van der Waals surface area contributed by atoms with Gasteiger partial charge in [0.2, 0.25) is 10.0 Å². The molecule has 1 heterocycles. The molecule has 0 saturated carbocycles. The summed E-state index contributed by atoms with van der Waals surface area (Å²) in [5.74, 6) is -0.835. The van der Waals surface area contributed by atoms with E-state index in [0.717, 1.165) is 16.4 Å². The van der Waals surface area contributed by atoms with Crippen LogP contribution >= 0.6 is 0 Å². The third-order valence-electron chi connectivity index (χ3n) is 6.37. The summed E-state index contributed by atoms with van der Waals surface area (Å²) >= 11 is 0. The van der Waals surface area contributed by atoms with Crippen LogP contribution in [0.15, 0.2) is 65.6 Å². The summed E-state index contributed by atoms with van der Waals surface area (Å²) in [6.07, 6.45) is -3.33. The van der Waals surface area contributed by atoms with E-state index in [-0.39, 0.29) is 27.1 Å². The van der Waals surface area contributed by atoms with Crippen LogP contribution < -0.4 is 4.74 Å². The molecule has 0 unspecified atom stereocenters. The van der Waals surface area contributed by atoms with Gasteiger partial charge in [0.1, 0.15) is 17.9 Å². The monoisotopic (exact) mass is 558 g/mol. The Hall–Kier alpha value is -3.88. The summed E-state index contributed by atoms with van der Waals surface area (Å²) in [4.78, 5) is 11.5. The number of nitriles is 1. The number of aryl methyl sites for hydroxylation is 1. The number of rotatable bonds is 7. The molecule has 0 radical (unpaired) electrons. The second-order valence-electron chi connectivity index (χ2n) is 9.91. The standard InChI is InChI=1S/C28H25F3N2O5S/c1-27(2)9-8-21-14-24(6-7-25(21)38-27)39(36,37)33(17-26(34)35)16-19-10-18(15-32)11-22(12-19)20-4-3-5-23(13-20)28(29,30)31/h3-7,10-14H,8-9,16-17H2,1-2H3,(H,34,35). The molecule has 0 amide bonds. The molecule has 7 nitrogen and oxygen atoms in total. The van der Waals surface area contributed by atoms with E-state index in [1.54, 1.807) is 6.07 Å². The molecule has 39 heavy (non-hydrogen) atoms. The summed E-state index contributed by atoms with van der Waals surface area (Å²) in [5, 5.41) is 19.0. The highest BCUT2D eigenvalue weighted by Crippen LogP contribution is 2.36. The second-order valence-corrected chi connectivity index (χ2v) is 11.8. The van der Waals surface area contributed by atoms with Crippen LogP contribution in [0.2, 0.25) is 0 Å². The van der Waals surface area contributed by atoms with Gasteiger partial charge in [0.25, 0.3) is 0 Å². The summed E-state index contributed by atoms with van der Waals surface area (Å²) in [6, 6.07) is 15.0. The maximum Gasteiger partial charge on any atom is 0.416 e. The van der Waals surface area contributed by atoms with Gasteiger partial charge in [0, 0.05) is 6.54 Å². The lowest BCUT2D eigenvalue weighted by Gasteiger charge is -2.33. The molecule has 0 atom stereocenters. The van der Waals surface area contributed by atoms with Crippen LogP contribution in [0.1, 0.15) is 42.5 Å². The number of carboxylic acids is 1. The van der Waals surface area contributed by atoms with Gasteiger partial charge >= 0.3 is 12.1 Å². The Balaban J connectivity index is 1.72. The van der Waals surface area contributed by atoms with Crippen LogP contribution in [0.3, 0.4) is 0 Å². The number of ether oxygens (including phenoxy) is 1. The van der Waals surface area contributed by atoms with Crippen molar-refractivity contribution < 1.29 is 36.2 Å². The number of aliphatic carboxylic acids is 1. The zero-order valence-electron chi connectivity index (χ0n) is 21.1. The molecule has 0 aliphatic carbocycles. The Kier molecular flexibility index (Phi) is 7.47. The highest BCUT2D eigenvalue weighted by molar-refractivity contribution is 7.89. The number of fused-ring (bicyclic) bond motifs is 1. The topological polar surface area (TPSA) is 108 Å². The Morgan fingerprint density at radius 3 is 2.51 bits per heavy atom. The van der Waals surface area contributed by atoms with Gasteiger partial charge in [-0.1, -0.05) is 12.1 Å². The number of hydrogen-bond donors (Lipinski definition) is 1. The average molecular weight is 559 g/mol. The smallest absolute Gasteiger partial charge is 0.416 e. The molecular weight excluding hydrogens is 533 g/mol. The van der Waals surface area contributed by atoms with E-state index in [0.29, 0.717) is 24.2 Å². The number of halogens is 3. The number of benzene rings is 3. The van der Waals surface area contributed by atoms with Crippen LogP contribution in [0.25, 0.3) is 11.1 Å². The van der Waals surface area contributed by atoms with Crippen LogP contribution in [0.4, 0.5) is 13.2 Å². The molecule has 204 valence electrons. The van der Waals surface area contributed by atoms with Crippen LogP contribution in [-0.4, -0.2) is 35.9 Å². The third-order valence-corrected chi connectivity index (χ3v) is 8.16. The van der Waals surface area contributed by atoms with Gasteiger partial charge < -0.3 is 9.84 Å². The minimum Gasteiger partial charge on any atom is -0.488 e. The van der Waals surface area contributed by atoms with Crippen molar-refractivity contribution in [2.45, 2.75) is 49.9 Å². The Morgan fingerprint density at radius 2 is 1.85 bits per heavy atom. The molecule has 3 aromatic carbocycles. The maximum atomic E-state index is 13.6. The first-order valence-corrected chi connectivity index (χ1v) is 13.4. The van der Waals surface area contributed by atoms with Gasteiger partial charge in [-0.05, 0) is 97.5 Å². The van der Waals surface area contributed by atoms with Gasteiger partial charge in [-0.25, -0.2) is 8.42 Å². The van der Waals surface area contributed by atoms with Gasteiger partial charge in [0.15, 0.2) is 0 Å². The molecule has 11 heteroatoms. The van der Waals surface area contributed by atoms with Crippen molar-refractivity contribution in [3.63, 3.8) is 0 Å². The van der Waals surface area contributed by atoms with E-state index >= 15 is 0 Å². The third kappa shape index (κ3) is 6.41. The SMILES string of the molecule is CC1(C)CCc2cc(S(=O)(=O)N(CC(=O)O)Cc3cc(C#N)cc(-c4cccc(C(F)(F)F)c4)c3)ccc2O1. The van der Waals surface area contributed by atoms with E-state index in [9.17, 15) is 36.8 Å². The minimum absolute atomic E-state index is 0.0844. The fourth-order valence-electron chi connectivity index (χ4n) is 4.41. The summed E-state index contributed by atoms with van der Waals surface area (Å²) in [7, 11) is -4.31. The molecule has 0 fully saturated rings. The van der Waals surface area contributed by atoms with E-state index in [4.69, 9.17) is 4.74 Å². The first kappa shape index (κ1) is 28.1. The molecule has 0 spiro atoms. The first-order chi connectivity index (χ1) is 18.2. The fourth-order valence-corrected chi connectivity index (χ4v) is 5.84. The Labute approximate surface area is 224 Å². The van der Waals surface area contributed by atoms with Crippen molar-refractivity contribution in [3.8, 4) is 22.9 Å². The summed E-state index contributed by atoms with van der Waals surface area (Å²) < 4.78 is 73.6. The lowest BCUT2D eigenvalue weighted by molar-refractivity contribution is -0.138. The average Bonchev–Trinajstić information content (AvgIpc) is 2.86. The van der Waals surface area contributed by atoms with E-state index in [2.05, 4.69) is 0 Å². The highest BCUT2D eigenvalue weighted by Gasteiger charge is 2.32. The van der Waals surface area contributed by atoms with Gasteiger partial charge in [0.05, 0.1) is 22.1 Å². The molecule has 1 N–H and O–H groups in total. The maximum absolute atomic E-state index is 13.6. The van der Waals surface area contributed by atoms with Crippen molar-refractivity contribution >= 4 is 16.0 Å². The van der Waals surface area contributed by atoms with E-state index < -0.39 is 46.4 Å². The number of hydrogen-bond acceptors (Lipinski definition) is 5. The molecule has 3 aromatic rings. The van der Waals surface area contributed by atoms with Gasteiger partial charge in [-0.15, -0.1) is 0 Å². The van der Waals surface area contributed by atoms with Crippen LogP contribution in [-0.2, 0) is 34.0 Å². The molecule has 0 bridgehead atoms. The minimum atomic E-state index is -4.58. The largest absolute Gasteiger partial charge is 0.488 e. The van der Waals surface area contributed by atoms with Gasteiger partial charge in [-0.3, -0.25) is 4.79 Å². The first-order valence-electron chi connectivity index (χ1n) is 11.9. The predicted molar refractivity (Wildman–Crippen MR) is 136 cm³/mol. The lowest BCUT2D eigenvalue weighted by Crippen LogP contribution is -2.36. The fraction of sp³-hybridized carbons (Fsp3) is 0.286. The molecular formula is C28H25F3N2O5S. The normalized spacial score (nSPS) is 14.8. The van der Waals surface area contributed by atoms with Crippen molar-refractivity contribution in [3.05, 3.63) is 82.9 Å². The Morgan fingerprint density at radius 1 is 1.10 bits per heavy atom. The summed E-state index contributed by atoms with van der Waals surface area (Å²) in [6.45, 7) is 2.58. The number of carbonyl (C=O) groups is 1. The zero-order valence-corrected chi connectivity index (χ0v) is 21.9. The van der Waals surface area contributed by atoms with Gasteiger partial charge in [-0.2, -0.15) is 22.7 Å². The van der Waals surface area contributed by atoms with Crippen molar-refractivity contribution in [1.29, 1.82) is 5.26 Å². The van der Waals surface area contributed by atoms with Crippen molar-refractivity contribution in [2.75, 3.05) is 6.54 Å². The highest BCUT2D eigenvalue weighted by atomic mass is 32.2.